The smallest absolute Gasteiger partial charge is 0.234 e. The van der Waals surface area contributed by atoms with Gasteiger partial charge in [-0.1, -0.05) is 17.7 Å². The van der Waals surface area contributed by atoms with E-state index in [4.69, 9.17) is 6.42 Å². The second-order valence-corrected chi connectivity index (χ2v) is 5.38. The van der Waals surface area contributed by atoms with E-state index in [1.807, 2.05) is 19.2 Å². The Bertz CT molecular complexity index is 381. The molecule has 0 saturated carbocycles. The first kappa shape index (κ1) is 12.1. The van der Waals surface area contributed by atoms with E-state index in [9.17, 15) is 4.79 Å². The summed E-state index contributed by atoms with van der Waals surface area (Å²) in [5.41, 5.74) is 0.985. The number of thioether (sulfide) groups is 1. The molecule has 3 nitrogen and oxygen atoms in total. The van der Waals surface area contributed by atoms with Gasteiger partial charge in [-0.15, -0.1) is 17.8 Å². The molecule has 0 aromatic carbocycles. The molecule has 0 bridgehead atoms. The maximum absolute atomic E-state index is 11.5. The number of aromatic nitrogens is 1. The second-order valence-electron chi connectivity index (χ2n) is 2.94. The Morgan fingerprint density at radius 2 is 2.60 bits per heavy atom. The number of carbonyl (C=O) groups excluding carboxylic acids is 1. The first-order chi connectivity index (χ1) is 7.13. The summed E-state index contributed by atoms with van der Waals surface area (Å²) in [6.45, 7) is 4.05. The molecule has 80 valence electrons. The van der Waals surface area contributed by atoms with Crippen molar-refractivity contribution in [2.75, 3.05) is 6.54 Å². The van der Waals surface area contributed by atoms with Crippen LogP contribution in [-0.4, -0.2) is 22.7 Å². The highest BCUT2D eigenvalue weighted by Gasteiger charge is 2.14. The number of aryl methyl sites for hydroxylation is 1. The summed E-state index contributed by atoms with van der Waals surface area (Å²) < 4.78 is 0.913. The van der Waals surface area contributed by atoms with Crippen molar-refractivity contribution in [1.29, 1.82) is 0 Å². The van der Waals surface area contributed by atoms with Crippen LogP contribution in [0.5, 0.6) is 0 Å². The number of thiazole rings is 1. The molecule has 1 heterocycles. The van der Waals surface area contributed by atoms with Crippen LogP contribution in [0.2, 0.25) is 0 Å². The third-order valence-corrected chi connectivity index (χ3v) is 3.80. The normalized spacial score (nSPS) is 11.8. The highest BCUT2D eigenvalue weighted by molar-refractivity contribution is 8.02. The molecule has 1 rings (SSSR count). The van der Waals surface area contributed by atoms with Gasteiger partial charge in [0.2, 0.25) is 5.91 Å². The molecule has 0 aliphatic carbocycles. The molecule has 1 aromatic heterocycles. The van der Waals surface area contributed by atoms with Crippen LogP contribution < -0.4 is 5.32 Å². The fourth-order valence-electron chi connectivity index (χ4n) is 0.873. The van der Waals surface area contributed by atoms with Gasteiger partial charge >= 0.3 is 0 Å². The zero-order valence-corrected chi connectivity index (χ0v) is 10.2. The Labute approximate surface area is 97.7 Å². The summed E-state index contributed by atoms with van der Waals surface area (Å²) in [7, 11) is 0. The van der Waals surface area contributed by atoms with E-state index in [2.05, 4.69) is 16.2 Å². The van der Waals surface area contributed by atoms with Crippen LogP contribution in [0.3, 0.4) is 0 Å². The summed E-state index contributed by atoms with van der Waals surface area (Å²) in [5.74, 6) is 2.32. The van der Waals surface area contributed by atoms with Crippen molar-refractivity contribution < 1.29 is 4.79 Å². The lowest BCUT2D eigenvalue weighted by molar-refractivity contribution is -0.120. The molecule has 15 heavy (non-hydrogen) atoms. The van der Waals surface area contributed by atoms with E-state index < -0.39 is 0 Å². The van der Waals surface area contributed by atoms with E-state index in [0.29, 0.717) is 0 Å². The number of hydrogen-bond acceptors (Lipinski definition) is 4. The van der Waals surface area contributed by atoms with Crippen LogP contribution in [-0.2, 0) is 4.79 Å². The first-order valence-electron chi connectivity index (χ1n) is 4.43. The molecule has 0 aliphatic heterocycles. The largest absolute Gasteiger partial charge is 0.344 e. The molecule has 1 amide bonds. The van der Waals surface area contributed by atoms with Crippen molar-refractivity contribution in [3.8, 4) is 12.3 Å². The molecule has 0 spiro atoms. The minimum atomic E-state index is -0.163. The van der Waals surface area contributed by atoms with Crippen LogP contribution in [0.25, 0.3) is 0 Å². The molecule has 0 aliphatic rings. The summed E-state index contributed by atoms with van der Waals surface area (Å²) >= 11 is 3.00. The molecule has 5 heteroatoms. The summed E-state index contributed by atoms with van der Waals surface area (Å²) in [4.78, 5) is 15.7. The summed E-state index contributed by atoms with van der Waals surface area (Å²) in [6.07, 6.45) is 5.05. The lowest BCUT2D eigenvalue weighted by Gasteiger charge is -2.07. The highest BCUT2D eigenvalue weighted by Crippen LogP contribution is 2.26. The molecule has 1 unspecified atom stereocenters. The summed E-state index contributed by atoms with van der Waals surface area (Å²) in [6, 6.07) is 0. The molecule has 1 atom stereocenters. The number of nitrogens with one attached hydrogen (secondary N) is 1. The predicted molar refractivity (Wildman–Crippen MR) is 64.0 cm³/mol. The zero-order chi connectivity index (χ0) is 11.3. The second kappa shape index (κ2) is 5.79. The number of carbonyl (C=O) groups is 1. The fourth-order valence-corrected chi connectivity index (χ4v) is 2.88. The van der Waals surface area contributed by atoms with Gasteiger partial charge in [0.15, 0.2) is 4.34 Å². The van der Waals surface area contributed by atoms with Gasteiger partial charge in [0.25, 0.3) is 0 Å². The topological polar surface area (TPSA) is 42.0 Å². The van der Waals surface area contributed by atoms with Gasteiger partial charge in [-0.2, -0.15) is 0 Å². The van der Waals surface area contributed by atoms with Crippen LogP contribution in [0, 0.1) is 19.3 Å². The van der Waals surface area contributed by atoms with Gasteiger partial charge in [-0.3, -0.25) is 4.79 Å². The van der Waals surface area contributed by atoms with Gasteiger partial charge in [0.05, 0.1) is 11.8 Å². The zero-order valence-electron chi connectivity index (χ0n) is 8.61. The Kier molecular flexibility index (Phi) is 4.66. The molecule has 0 fully saturated rings. The number of hydrogen-bond donors (Lipinski definition) is 1. The Morgan fingerprint density at radius 1 is 1.87 bits per heavy atom. The molecule has 0 saturated heterocycles. The third kappa shape index (κ3) is 3.94. The van der Waals surface area contributed by atoms with Crippen molar-refractivity contribution in [2.24, 2.45) is 0 Å². The fraction of sp³-hybridized carbons (Fsp3) is 0.400. The van der Waals surface area contributed by atoms with Gasteiger partial charge in [-0.25, -0.2) is 4.98 Å². The van der Waals surface area contributed by atoms with Crippen LogP contribution >= 0.6 is 23.1 Å². The molecular weight excluding hydrogens is 228 g/mol. The van der Waals surface area contributed by atoms with Crippen LogP contribution in [0.4, 0.5) is 0 Å². The number of nitrogens with zero attached hydrogens (tertiary/aromatic N) is 1. The predicted octanol–water partition coefficient (Wildman–Crippen LogP) is 1.68. The SMILES string of the molecule is C#CCNC(=O)C(C)Sc1nc(C)cs1. The minimum absolute atomic E-state index is 0.0502. The average molecular weight is 240 g/mol. The van der Waals surface area contributed by atoms with Crippen molar-refractivity contribution in [1.82, 2.24) is 10.3 Å². The Hall–Kier alpha value is -0.990. The van der Waals surface area contributed by atoms with E-state index >= 15 is 0 Å². The van der Waals surface area contributed by atoms with Crippen molar-refractivity contribution in [3.63, 3.8) is 0 Å². The van der Waals surface area contributed by atoms with Gasteiger partial charge in [-0.05, 0) is 13.8 Å². The summed E-state index contributed by atoms with van der Waals surface area (Å²) in [5, 5.41) is 4.44. The minimum Gasteiger partial charge on any atom is -0.344 e. The lowest BCUT2D eigenvalue weighted by Crippen LogP contribution is -2.30. The van der Waals surface area contributed by atoms with E-state index in [0.717, 1.165) is 10.0 Å². The van der Waals surface area contributed by atoms with Crippen molar-refractivity contribution in [2.45, 2.75) is 23.4 Å². The van der Waals surface area contributed by atoms with Gasteiger partial charge < -0.3 is 5.32 Å². The Morgan fingerprint density at radius 3 is 3.13 bits per heavy atom. The Balaban J connectivity index is 2.45. The maximum Gasteiger partial charge on any atom is 0.234 e. The van der Waals surface area contributed by atoms with E-state index in [1.165, 1.54) is 11.8 Å². The molecule has 0 radical (unpaired) electrons. The number of terminal acetylenes is 1. The van der Waals surface area contributed by atoms with Gasteiger partial charge in [0, 0.05) is 11.1 Å². The van der Waals surface area contributed by atoms with Gasteiger partial charge in [0.1, 0.15) is 0 Å². The number of rotatable bonds is 4. The first-order valence-corrected chi connectivity index (χ1v) is 6.19. The highest BCUT2D eigenvalue weighted by atomic mass is 32.2. The maximum atomic E-state index is 11.5. The average Bonchev–Trinajstić information content (AvgIpc) is 2.60. The monoisotopic (exact) mass is 240 g/mol. The van der Waals surface area contributed by atoms with E-state index in [-0.39, 0.29) is 17.7 Å². The standard InChI is InChI=1S/C10H12N2OS2/c1-4-5-11-9(13)8(3)15-10-12-7(2)6-14-10/h1,6,8H,5H2,2-3H3,(H,11,13). The van der Waals surface area contributed by atoms with E-state index in [1.54, 1.807) is 11.3 Å². The molecular formula is C10H12N2OS2. The van der Waals surface area contributed by atoms with Crippen LogP contribution in [0.15, 0.2) is 9.72 Å². The van der Waals surface area contributed by atoms with Crippen LogP contribution in [0.1, 0.15) is 12.6 Å². The third-order valence-electron chi connectivity index (χ3n) is 1.61. The molecule has 1 N–H and O–H groups in total. The number of amides is 1. The van der Waals surface area contributed by atoms with Crippen molar-refractivity contribution in [3.05, 3.63) is 11.1 Å². The molecule has 1 aromatic rings. The quantitative estimate of drug-likeness (QED) is 0.643. The lowest BCUT2D eigenvalue weighted by atomic mass is 10.4. The van der Waals surface area contributed by atoms with Crippen molar-refractivity contribution >= 4 is 29.0 Å².